The molecular weight excluding hydrogens is 569 g/mol. The van der Waals surface area contributed by atoms with Gasteiger partial charge in [0.15, 0.2) is 18.1 Å². The Morgan fingerprint density at radius 1 is 1.03 bits per heavy atom. The van der Waals surface area contributed by atoms with Crippen LogP contribution in [0.3, 0.4) is 0 Å². The number of nitrogens with zero attached hydrogens (tertiary/aromatic N) is 1. The van der Waals surface area contributed by atoms with Crippen LogP contribution in [0.2, 0.25) is 15.1 Å². The molecule has 12 heteroatoms. The second-order valence-electron chi connectivity index (χ2n) is 8.24. The van der Waals surface area contributed by atoms with Crippen molar-refractivity contribution >= 4 is 76.0 Å². The van der Waals surface area contributed by atoms with E-state index < -0.39 is 30.4 Å². The lowest BCUT2D eigenvalue weighted by Crippen LogP contribution is -2.54. The van der Waals surface area contributed by atoms with E-state index in [1.165, 1.54) is 31.4 Å². The lowest BCUT2D eigenvalue weighted by atomic mass is 10.1. The molecule has 0 atom stereocenters. The number of anilines is 2. The maximum atomic E-state index is 13.3. The normalized spacial score (nSPS) is 14.3. The Bertz CT molecular complexity index is 1540. The van der Waals surface area contributed by atoms with Crippen molar-refractivity contribution in [3.05, 3.63) is 86.4 Å². The van der Waals surface area contributed by atoms with E-state index in [1.54, 1.807) is 43.3 Å². The number of aryl methyl sites for hydroxylation is 1. The number of benzene rings is 3. The highest BCUT2D eigenvalue weighted by atomic mass is 35.5. The van der Waals surface area contributed by atoms with Gasteiger partial charge in [0, 0.05) is 5.02 Å². The van der Waals surface area contributed by atoms with Gasteiger partial charge in [0.1, 0.15) is 5.57 Å². The van der Waals surface area contributed by atoms with Gasteiger partial charge >= 0.3 is 6.03 Å². The standard InChI is InChI=1S/C27H20Cl3N3O6/c1-14-7-8-16(28)12-21(14)33-26(36)17(25(35)32-27(33)37)9-15-10-19(30)24(22(11-15)38-2)39-13-23(34)31-20-6-4-3-5-18(20)29/h3-12H,13H2,1-2H3,(H,31,34)(H,32,35,37)/b17-9+. The highest BCUT2D eigenvalue weighted by Crippen LogP contribution is 2.37. The zero-order valence-electron chi connectivity index (χ0n) is 20.5. The summed E-state index contributed by atoms with van der Waals surface area (Å²) in [4.78, 5) is 51.6. The van der Waals surface area contributed by atoms with Gasteiger partial charge < -0.3 is 14.8 Å². The number of halogens is 3. The van der Waals surface area contributed by atoms with Gasteiger partial charge in [0.25, 0.3) is 17.7 Å². The first kappa shape index (κ1) is 28.0. The second kappa shape index (κ2) is 11.8. The minimum Gasteiger partial charge on any atom is -0.493 e. The summed E-state index contributed by atoms with van der Waals surface area (Å²) in [7, 11) is 1.36. The zero-order chi connectivity index (χ0) is 28.3. The number of ether oxygens (including phenoxy) is 2. The summed E-state index contributed by atoms with van der Waals surface area (Å²) < 4.78 is 10.9. The molecule has 1 fully saturated rings. The van der Waals surface area contributed by atoms with E-state index >= 15 is 0 Å². The van der Waals surface area contributed by atoms with Gasteiger partial charge in [-0.05, 0) is 60.5 Å². The number of nitrogens with one attached hydrogen (secondary N) is 2. The largest absolute Gasteiger partial charge is 0.493 e. The molecule has 0 unspecified atom stereocenters. The van der Waals surface area contributed by atoms with E-state index in [4.69, 9.17) is 44.3 Å². The summed E-state index contributed by atoms with van der Waals surface area (Å²) in [5.41, 5.74) is 1.24. The molecule has 1 saturated heterocycles. The fourth-order valence-electron chi connectivity index (χ4n) is 3.72. The van der Waals surface area contributed by atoms with Gasteiger partial charge in [-0.15, -0.1) is 0 Å². The summed E-state index contributed by atoms with van der Waals surface area (Å²) in [6, 6.07) is 13.4. The van der Waals surface area contributed by atoms with Crippen LogP contribution in [0.15, 0.2) is 60.2 Å². The molecular formula is C27H20Cl3N3O6. The average molecular weight is 589 g/mol. The van der Waals surface area contributed by atoms with Crippen LogP contribution >= 0.6 is 34.8 Å². The quantitative estimate of drug-likeness (QED) is 0.272. The molecule has 2 N–H and O–H groups in total. The van der Waals surface area contributed by atoms with Crippen LogP contribution in [-0.4, -0.2) is 37.5 Å². The Hall–Kier alpha value is -4.05. The van der Waals surface area contributed by atoms with Gasteiger partial charge in [0.2, 0.25) is 0 Å². The number of carbonyl (C=O) groups is 4. The van der Waals surface area contributed by atoms with Crippen LogP contribution in [0, 0.1) is 6.92 Å². The minimum atomic E-state index is -0.901. The molecule has 5 amide bonds. The van der Waals surface area contributed by atoms with E-state index in [9.17, 15) is 19.2 Å². The molecule has 1 aliphatic rings. The number of hydrogen-bond acceptors (Lipinski definition) is 6. The summed E-state index contributed by atoms with van der Waals surface area (Å²) in [6.07, 6.45) is 1.26. The predicted molar refractivity (Wildman–Crippen MR) is 149 cm³/mol. The molecule has 3 aromatic rings. The number of carbonyl (C=O) groups excluding carboxylic acids is 4. The number of urea groups is 1. The van der Waals surface area contributed by atoms with Gasteiger partial charge in [-0.25, -0.2) is 9.69 Å². The van der Waals surface area contributed by atoms with E-state index in [-0.39, 0.29) is 27.8 Å². The monoisotopic (exact) mass is 587 g/mol. The molecule has 200 valence electrons. The molecule has 4 rings (SSSR count). The fourth-order valence-corrected chi connectivity index (χ4v) is 4.34. The Kier molecular flexibility index (Phi) is 8.44. The smallest absolute Gasteiger partial charge is 0.335 e. The van der Waals surface area contributed by atoms with E-state index in [2.05, 4.69) is 10.6 Å². The number of amides is 5. The van der Waals surface area contributed by atoms with Crippen molar-refractivity contribution in [3.63, 3.8) is 0 Å². The molecule has 3 aromatic carbocycles. The molecule has 0 spiro atoms. The molecule has 0 aliphatic carbocycles. The first-order valence-corrected chi connectivity index (χ1v) is 12.4. The van der Waals surface area contributed by atoms with Crippen LogP contribution in [-0.2, 0) is 14.4 Å². The molecule has 1 heterocycles. The molecule has 39 heavy (non-hydrogen) atoms. The van der Waals surface area contributed by atoms with Crippen LogP contribution < -0.4 is 25.0 Å². The van der Waals surface area contributed by atoms with Crippen molar-refractivity contribution in [3.8, 4) is 11.5 Å². The van der Waals surface area contributed by atoms with Crippen molar-refractivity contribution < 1.29 is 28.7 Å². The van der Waals surface area contributed by atoms with Crippen molar-refractivity contribution in [1.82, 2.24) is 5.32 Å². The fraction of sp³-hybridized carbons (Fsp3) is 0.111. The molecule has 0 bridgehead atoms. The number of hydrogen-bond donors (Lipinski definition) is 2. The molecule has 0 aromatic heterocycles. The first-order valence-electron chi connectivity index (χ1n) is 11.3. The topological polar surface area (TPSA) is 114 Å². The van der Waals surface area contributed by atoms with Gasteiger partial charge in [-0.1, -0.05) is 53.0 Å². The maximum absolute atomic E-state index is 13.3. The van der Waals surface area contributed by atoms with Crippen molar-refractivity contribution in [1.29, 1.82) is 0 Å². The van der Waals surface area contributed by atoms with Crippen molar-refractivity contribution in [2.24, 2.45) is 0 Å². The average Bonchev–Trinajstić information content (AvgIpc) is 2.89. The predicted octanol–water partition coefficient (Wildman–Crippen LogP) is 5.65. The van der Waals surface area contributed by atoms with E-state index in [1.807, 2.05) is 0 Å². The highest BCUT2D eigenvalue weighted by Gasteiger charge is 2.37. The van der Waals surface area contributed by atoms with Gasteiger partial charge in [0.05, 0.1) is 28.5 Å². The van der Waals surface area contributed by atoms with Crippen molar-refractivity contribution in [2.45, 2.75) is 6.92 Å². The van der Waals surface area contributed by atoms with Crippen LogP contribution in [0.1, 0.15) is 11.1 Å². The second-order valence-corrected chi connectivity index (χ2v) is 9.49. The summed E-state index contributed by atoms with van der Waals surface area (Å²) in [5.74, 6) is -2.00. The molecule has 9 nitrogen and oxygen atoms in total. The third kappa shape index (κ3) is 6.17. The van der Waals surface area contributed by atoms with Crippen LogP contribution in [0.5, 0.6) is 11.5 Å². The molecule has 0 radical (unpaired) electrons. The van der Waals surface area contributed by atoms with Gasteiger partial charge in [-0.2, -0.15) is 0 Å². The molecule has 1 aliphatic heterocycles. The van der Waals surface area contributed by atoms with Crippen LogP contribution in [0.25, 0.3) is 6.08 Å². The van der Waals surface area contributed by atoms with E-state index in [0.29, 0.717) is 26.9 Å². The highest BCUT2D eigenvalue weighted by molar-refractivity contribution is 6.40. The third-order valence-electron chi connectivity index (χ3n) is 5.57. The Balaban J connectivity index is 1.58. The summed E-state index contributed by atoms with van der Waals surface area (Å²) >= 11 is 18.5. The lowest BCUT2D eigenvalue weighted by Gasteiger charge is -2.27. The lowest BCUT2D eigenvalue weighted by molar-refractivity contribution is -0.122. The Morgan fingerprint density at radius 3 is 2.49 bits per heavy atom. The van der Waals surface area contributed by atoms with Crippen molar-refractivity contribution in [2.75, 3.05) is 23.9 Å². The Labute approximate surface area is 238 Å². The minimum absolute atomic E-state index is 0.0500. The van der Waals surface area contributed by atoms with Gasteiger partial charge in [-0.3, -0.25) is 19.7 Å². The summed E-state index contributed by atoms with van der Waals surface area (Å²) in [6.45, 7) is 1.29. The third-order valence-corrected chi connectivity index (χ3v) is 6.42. The zero-order valence-corrected chi connectivity index (χ0v) is 22.8. The van der Waals surface area contributed by atoms with E-state index in [0.717, 1.165) is 4.90 Å². The van der Waals surface area contributed by atoms with Crippen LogP contribution in [0.4, 0.5) is 16.2 Å². The number of methoxy groups -OCH3 is 1. The SMILES string of the molecule is COc1cc(/C=C2\C(=O)NC(=O)N(c3cc(Cl)ccc3C)C2=O)cc(Cl)c1OCC(=O)Nc1ccccc1Cl. The Morgan fingerprint density at radius 2 is 1.77 bits per heavy atom. The number of imide groups is 2. The first-order chi connectivity index (χ1) is 18.6. The summed E-state index contributed by atoms with van der Waals surface area (Å²) in [5, 5.41) is 5.52. The number of rotatable bonds is 7. The number of para-hydroxylation sites is 1. The maximum Gasteiger partial charge on any atom is 0.335 e. The number of barbiturate groups is 1. The molecule has 0 saturated carbocycles.